The molecule has 0 radical (unpaired) electrons. The molecule has 2 aromatic rings. The van der Waals surface area contributed by atoms with Crippen molar-refractivity contribution in [1.82, 2.24) is 10.4 Å². The van der Waals surface area contributed by atoms with E-state index in [9.17, 15) is 0 Å². The molecule has 0 atom stereocenters. The average Bonchev–Trinajstić information content (AvgIpc) is 2.50. The van der Waals surface area contributed by atoms with Crippen molar-refractivity contribution in [3.63, 3.8) is 0 Å². The van der Waals surface area contributed by atoms with Crippen LogP contribution in [-0.2, 0) is 0 Å². The van der Waals surface area contributed by atoms with Crippen LogP contribution < -0.4 is 0 Å². The van der Waals surface area contributed by atoms with Crippen LogP contribution in [0.3, 0.4) is 0 Å². The monoisotopic (exact) mass is 145 g/mol. The fraction of sp³-hybridized carbons (Fsp3) is 0. The summed E-state index contributed by atoms with van der Waals surface area (Å²) >= 11 is 0. The molecule has 0 bridgehead atoms. The van der Waals surface area contributed by atoms with Crippen molar-refractivity contribution >= 4 is 11.1 Å². The molecule has 0 saturated heterocycles. The zero-order valence-electron chi connectivity index (χ0n) is 5.48. The number of para-hydroxylation sites is 1. The number of fused-ring (bicyclic) bond motifs is 1. The van der Waals surface area contributed by atoms with Crippen LogP contribution in [0.4, 0.5) is 0 Å². The fourth-order valence-electron chi connectivity index (χ4n) is 0.893. The van der Waals surface area contributed by atoms with Gasteiger partial charge in [-0.1, -0.05) is 6.07 Å². The van der Waals surface area contributed by atoms with E-state index >= 15 is 0 Å². The maximum atomic E-state index is 8.59. The molecule has 52 valence electrons. The molecule has 1 heterocycles. The highest BCUT2D eigenvalue weighted by molar-refractivity contribution is 5.77. The van der Waals surface area contributed by atoms with Gasteiger partial charge in [-0.05, 0) is 12.1 Å². The lowest BCUT2D eigenvalue weighted by molar-refractivity contribution is 0.423. The van der Waals surface area contributed by atoms with Crippen molar-refractivity contribution in [1.29, 1.82) is 5.26 Å². The Morgan fingerprint density at radius 1 is 1.45 bits per heavy atom. The van der Waals surface area contributed by atoms with Gasteiger partial charge in [0.15, 0.2) is 0 Å². The molecule has 0 spiro atoms. The minimum Gasteiger partial charge on any atom is -0.335 e. The Hall–Kier alpha value is -1.89. The zero-order chi connectivity index (χ0) is 7.68. The summed E-state index contributed by atoms with van der Waals surface area (Å²) in [4.78, 5) is 0. The molecule has 4 heteroatoms. The number of rotatable bonds is 0. The number of benzene rings is 1. The Morgan fingerprint density at radius 3 is 3.18 bits per heavy atom. The van der Waals surface area contributed by atoms with Crippen molar-refractivity contribution < 1.29 is 4.52 Å². The maximum absolute atomic E-state index is 8.59. The first-order chi connectivity index (χ1) is 5.42. The second kappa shape index (κ2) is 2.06. The van der Waals surface area contributed by atoms with Gasteiger partial charge in [0.2, 0.25) is 5.58 Å². The Morgan fingerprint density at radius 2 is 2.36 bits per heavy atom. The summed E-state index contributed by atoms with van der Waals surface area (Å²) in [6.07, 6.45) is 0. The van der Waals surface area contributed by atoms with Crippen LogP contribution in [0.25, 0.3) is 11.1 Å². The van der Waals surface area contributed by atoms with Crippen molar-refractivity contribution in [3.8, 4) is 6.07 Å². The summed E-state index contributed by atoms with van der Waals surface area (Å²) in [5.41, 5.74) is 1.53. The normalized spacial score (nSPS) is 9.73. The predicted octanol–water partition coefficient (Wildman–Crippen LogP) is 1.09. The van der Waals surface area contributed by atoms with Gasteiger partial charge in [0.05, 0.1) is 5.56 Å². The molecule has 0 unspecified atom stereocenters. The number of nitriles is 1. The topological polar surface area (TPSA) is 62.7 Å². The lowest BCUT2D eigenvalue weighted by Gasteiger charge is -1.84. The van der Waals surface area contributed by atoms with Gasteiger partial charge in [0, 0.05) is 5.27 Å². The Labute approximate surface area is 62.0 Å². The summed E-state index contributed by atoms with van der Waals surface area (Å²) in [6.45, 7) is 0. The van der Waals surface area contributed by atoms with Crippen LogP contribution in [0.1, 0.15) is 5.56 Å². The summed E-state index contributed by atoms with van der Waals surface area (Å²) in [5.74, 6) is 0. The third kappa shape index (κ3) is 0.749. The standard InChI is InChI=1S/C7H3N3O/c8-4-5-2-1-3-6-7(5)11-10-9-6/h1-3H. The molecule has 2 rings (SSSR count). The van der Waals surface area contributed by atoms with Gasteiger partial charge >= 0.3 is 0 Å². The Bertz CT molecular complexity index is 426. The summed E-state index contributed by atoms with van der Waals surface area (Å²) in [7, 11) is 0. The molecule has 11 heavy (non-hydrogen) atoms. The first kappa shape index (κ1) is 5.86. The van der Waals surface area contributed by atoms with Crippen LogP contribution in [0.2, 0.25) is 0 Å². The molecule has 0 fully saturated rings. The van der Waals surface area contributed by atoms with E-state index in [4.69, 9.17) is 9.78 Å². The highest BCUT2D eigenvalue weighted by Crippen LogP contribution is 2.13. The van der Waals surface area contributed by atoms with Crippen LogP contribution >= 0.6 is 0 Å². The third-order valence-electron chi connectivity index (χ3n) is 1.40. The van der Waals surface area contributed by atoms with E-state index in [1.54, 1.807) is 18.2 Å². The van der Waals surface area contributed by atoms with E-state index in [1.165, 1.54) is 0 Å². The molecular weight excluding hydrogens is 142 g/mol. The highest BCUT2D eigenvalue weighted by atomic mass is 16.5. The lowest BCUT2D eigenvalue weighted by Crippen LogP contribution is -1.73. The fourth-order valence-corrected chi connectivity index (χ4v) is 0.893. The predicted molar refractivity (Wildman–Crippen MR) is 36.5 cm³/mol. The minimum atomic E-state index is 0.454. The molecule has 1 aromatic heterocycles. The maximum Gasteiger partial charge on any atom is 0.205 e. The average molecular weight is 145 g/mol. The van der Waals surface area contributed by atoms with Gasteiger partial charge in [-0.3, -0.25) is 0 Å². The summed E-state index contributed by atoms with van der Waals surface area (Å²) in [5, 5.41) is 15.6. The zero-order valence-corrected chi connectivity index (χ0v) is 5.48. The molecule has 0 aliphatic carbocycles. The van der Waals surface area contributed by atoms with E-state index < -0.39 is 0 Å². The molecule has 0 saturated carbocycles. The van der Waals surface area contributed by atoms with Gasteiger partial charge in [-0.25, -0.2) is 0 Å². The SMILES string of the molecule is N#Cc1cccc2nnoc12. The number of nitrogens with zero attached hydrogens (tertiary/aromatic N) is 3. The highest BCUT2D eigenvalue weighted by Gasteiger charge is 2.03. The molecule has 0 aliphatic heterocycles. The van der Waals surface area contributed by atoms with Gasteiger partial charge in [-0.15, -0.1) is 5.10 Å². The molecular formula is C7H3N3O. The van der Waals surface area contributed by atoms with Gasteiger partial charge < -0.3 is 4.52 Å². The number of aromatic nitrogens is 2. The molecule has 1 aromatic carbocycles. The van der Waals surface area contributed by atoms with E-state index in [0.717, 1.165) is 0 Å². The second-order valence-electron chi connectivity index (χ2n) is 2.04. The summed E-state index contributed by atoms with van der Waals surface area (Å²) in [6, 6.07) is 7.13. The van der Waals surface area contributed by atoms with Crippen molar-refractivity contribution in [2.75, 3.05) is 0 Å². The van der Waals surface area contributed by atoms with Crippen LogP contribution in [-0.4, -0.2) is 10.4 Å². The minimum absolute atomic E-state index is 0.454. The van der Waals surface area contributed by atoms with E-state index in [0.29, 0.717) is 16.7 Å². The lowest BCUT2D eigenvalue weighted by atomic mass is 10.2. The molecule has 0 N–H and O–H groups in total. The Balaban J connectivity index is 2.92. The van der Waals surface area contributed by atoms with Crippen LogP contribution in [0.15, 0.2) is 22.7 Å². The van der Waals surface area contributed by atoms with Gasteiger partial charge in [-0.2, -0.15) is 5.26 Å². The number of hydrogen-bond acceptors (Lipinski definition) is 4. The number of hydrogen-bond donors (Lipinski definition) is 0. The first-order valence-electron chi connectivity index (χ1n) is 3.03. The quantitative estimate of drug-likeness (QED) is 0.556. The first-order valence-corrected chi connectivity index (χ1v) is 3.03. The van der Waals surface area contributed by atoms with Gasteiger partial charge in [0.1, 0.15) is 11.6 Å². The van der Waals surface area contributed by atoms with Crippen molar-refractivity contribution in [2.24, 2.45) is 0 Å². The second-order valence-corrected chi connectivity index (χ2v) is 2.04. The molecule has 0 amide bonds. The van der Waals surface area contributed by atoms with E-state index in [1.807, 2.05) is 6.07 Å². The van der Waals surface area contributed by atoms with E-state index in [-0.39, 0.29) is 0 Å². The molecule has 4 nitrogen and oxygen atoms in total. The largest absolute Gasteiger partial charge is 0.335 e. The van der Waals surface area contributed by atoms with Crippen LogP contribution in [0.5, 0.6) is 0 Å². The van der Waals surface area contributed by atoms with Crippen LogP contribution in [0, 0.1) is 11.3 Å². The van der Waals surface area contributed by atoms with Crippen molar-refractivity contribution in [3.05, 3.63) is 23.8 Å². The Kier molecular flexibility index (Phi) is 1.10. The smallest absolute Gasteiger partial charge is 0.205 e. The van der Waals surface area contributed by atoms with Gasteiger partial charge in [0.25, 0.3) is 0 Å². The molecule has 0 aliphatic rings. The third-order valence-corrected chi connectivity index (χ3v) is 1.40. The van der Waals surface area contributed by atoms with Crippen molar-refractivity contribution in [2.45, 2.75) is 0 Å². The summed E-state index contributed by atoms with van der Waals surface area (Å²) < 4.78 is 4.76. The van der Waals surface area contributed by atoms with E-state index in [2.05, 4.69) is 10.4 Å².